The van der Waals surface area contributed by atoms with Gasteiger partial charge in [-0.1, -0.05) is 18.2 Å². The fourth-order valence-corrected chi connectivity index (χ4v) is 3.17. The van der Waals surface area contributed by atoms with Gasteiger partial charge in [0.25, 0.3) is 11.6 Å². The summed E-state index contributed by atoms with van der Waals surface area (Å²) in [6, 6.07) is 7.12. The minimum absolute atomic E-state index is 0.0910. The van der Waals surface area contributed by atoms with Crippen LogP contribution >= 0.6 is 0 Å². The zero-order valence-electron chi connectivity index (χ0n) is 18.1. The maximum absolute atomic E-state index is 13.9. The highest BCUT2D eigenvalue weighted by atomic mass is 19.2. The van der Waals surface area contributed by atoms with E-state index in [4.69, 9.17) is 0 Å². The van der Waals surface area contributed by atoms with E-state index in [0.717, 1.165) is 11.0 Å². The van der Waals surface area contributed by atoms with Gasteiger partial charge in [-0.05, 0) is 31.5 Å². The zero-order valence-corrected chi connectivity index (χ0v) is 18.1. The lowest BCUT2D eigenvalue weighted by molar-refractivity contribution is -0.384. The van der Waals surface area contributed by atoms with Gasteiger partial charge in [0.05, 0.1) is 22.0 Å². The molecule has 0 atom stereocenters. The Hall–Kier alpha value is -4.29. The summed E-state index contributed by atoms with van der Waals surface area (Å²) in [5.74, 6) is -6.18. The molecule has 3 aromatic rings. The van der Waals surface area contributed by atoms with Crippen LogP contribution in [0.25, 0.3) is 5.69 Å². The molecule has 34 heavy (non-hydrogen) atoms. The molecular formula is C21H19F3N6O4. The Labute approximate surface area is 191 Å². The Morgan fingerprint density at radius 2 is 1.91 bits per heavy atom. The van der Waals surface area contributed by atoms with Crippen molar-refractivity contribution in [2.45, 2.75) is 20.3 Å². The number of carbonyl (C=O) groups excluding carboxylic acids is 2. The predicted molar refractivity (Wildman–Crippen MR) is 114 cm³/mol. The van der Waals surface area contributed by atoms with E-state index in [-0.39, 0.29) is 23.6 Å². The van der Waals surface area contributed by atoms with E-state index in [1.807, 2.05) is 0 Å². The number of nitrogens with zero attached hydrogens (tertiary/aromatic N) is 5. The van der Waals surface area contributed by atoms with Crippen molar-refractivity contribution in [3.8, 4) is 5.69 Å². The van der Waals surface area contributed by atoms with Crippen molar-refractivity contribution in [2.24, 2.45) is 0 Å². The maximum Gasteiger partial charge on any atom is 0.276 e. The van der Waals surface area contributed by atoms with Gasteiger partial charge in [-0.15, -0.1) is 5.10 Å². The van der Waals surface area contributed by atoms with Gasteiger partial charge in [0.15, 0.2) is 23.1 Å². The van der Waals surface area contributed by atoms with Crippen molar-refractivity contribution in [1.82, 2.24) is 19.9 Å². The molecule has 10 nitrogen and oxygen atoms in total. The maximum atomic E-state index is 13.9. The van der Waals surface area contributed by atoms with Crippen molar-refractivity contribution in [2.75, 3.05) is 18.4 Å². The first kappa shape index (κ1) is 24.4. The van der Waals surface area contributed by atoms with Gasteiger partial charge in [-0.3, -0.25) is 19.7 Å². The van der Waals surface area contributed by atoms with Crippen molar-refractivity contribution in [1.29, 1.82) is 0 Å². The largest absolute Gasteiger partial charge is 0.328 e. The number of nitro benzene ring substituents is 1. The third-order valence-electron chi connectivity index (χ3n) is 4.81. The van der Waals surface area contributed by atoms with Gasteiger partial charge in [-0.2, -0.15) is 0 Å². The van der Waals surface area contributed by atoms with Gasteiger partial charge in [-0.25, -0.2) is 17.9 Å². The Morgan fingerprint density at radius 3 is 2.59 bits per heavy atom. The second-order valence-corrected chi connectivity index (χ2v) is 7.21. The average molecular weight is 476 g/mol. The topological polar surface area (TPSA) is 123 Å². The normalized spacial score (nSPS) is 10.7. The van der Waals surface area contributed by atoms with E-state index in [9.17, 15) is 32.9 Å². The van der Waals surface area contributed by atoms with E-state index >= 15 is 0 Å². The highest BCUT2D eigenvalue weighted by molar-refractivity contribution is 5.99. The molecule has 0 aliphatic carbocycles. The minimum atomic E-state index is -1.73. The summed E-state index contributed by atoms with van der Waals surface area (Å²) in [7, 11) is 0. The molecule has 2 aromatic carbocycles. The van der Waals surface area contributed by atoms with E-state index in [2.05, 4.69) is 15.6 Å². The number of amides is 2. The second-order valence-electron chi connectivity index (χ2n) is 7.21. The van der Waals surface area contributed by atoms with Crippen molar-refractivity contribution < 1.29 is 27.7 Å². The first-order valence-electron chi connectivity index (χ1n) is 10.0. The molecule has 2 amide bonds. The standard InChI is InChI=1S/C21H19F3N6O4/c1-3-9-28(11-17(31)25-16-8-7-15(22)18(23)19(16)24)21(32)20-12(2)29(27-26-20)13-5-4-6-14(10-13)30(33)34/h4-8,10H,3,9,11H2,1-2H3,(H,25,31). The van der Waals surface area contributed by atoms with E-state index in [1.54, 1.807) is 13.0 Å². The molecule has 1 heterocycles. The first-order chi connectivity index (χ1) is 16.1. The van der Waals surface area contributed by atoms with E-state index in [0.29, 0.717) is 18.2 Å². The summed E-state index contributed by atoms with van der Waals surface area (Å²) in [4.78, 5) is 37.1. The minimum Gasteiger partial charge on any atom is -0.328 e. The number of benzene rings is 2. The molecule has 0 bridgehead atoms. The average Bonchev–Trinajstić information content (AvgIpc) is 3.20. The van der Waals surface area contributed by atoms with Crippen LogP contribution in [0, 0.1) is 34.5 Å². The summed E-state index contributed by atoms with van der Waals surface area (Å²) < 4.78 is 41.6. The third kappa shape index (κ3) is 5.03. The molecule has 0 saturated heterocycles. The van der Waals surface area contributed by atoms with Crippen LogP contribution in [0.1, 0.15) is 29.5 Å². The van der Waals surface area contributed by atoms with Crippen LogP contribution in [0.4, 0.5) is 24.5 Å². The fourth-order valence-electron chi connectivity index (χ4n) is 3.17. The summed E-state index contributed by atoms with van der Waals surface area (Å²) in [6.07, 6.45) is 0.469. The molecular weight excluding hydrogens is 457 g/mol. The number of halogens is 3. The Morgan fingerprint density at radius 1 is 1.18 bits per heavy atom. The molecule has 0 aliphatic rings. The number of carbonyl (C=O) groups is 2. The molecule has 1 aromatic heterocycles. The van der Waals surface area contributed by atoms with Gasteiger partial charge in [0.2, 0.25) is 5.91 Å². The predicted octanol–water partition coefficient (Wildman–Crippen LogP) is 3.39. The number of aromatic nitrogens is 3. The Kier molecular flexibility index (Phi) is 7.24. The summed E-state index contributed by atoms with van der Waals surface area (Å²) in [5.41, 5.74) is -0.244. The van der Waals surface area contributed by atoms with Crippen LogP contribution in [0.15, 0.2) is 36.4 Å². The number of non-ortho nitro benzene ring substituents is 1. The quantitative estimate of drug-likeness (QED) is 0.302. The zero-order chi connectivity index (χ0) is 25.0. The number of nitro groups is 1. The highest BCUT2D eigenvalue weighted by Gasteiger charge is 2.25. The highest BCUT2D eigenvalue weighted by Crippen LogP contribution is 2.21. The van der Waals surface area contributed by atoms with E-state index in [1.165, 1.54) is 29.8 Å². The molecule has 0 radical (unpaired) electrons. The Bertz CT molecular complexity index is 1260. The van der Waals surface area contributed by atoms with Crippen molar-refractivity contribution in [3.05, 3.63) is 75.4 Å². The first-order valence-corrected chi connectivity index (χ1v) is 10.0. The van der Waals surface area contributed by atoms with Gasteiger partial charge in [0.1, 0.15) is 6.54 Å². The molecule has 0 saturated carbocycles. The number of anilines is 1. The summed E-state index contributed by atoms with van der Waals surface area (Å²) >= 11 is 0. The second kappa shape index (κ2) is 10.1. The molecule has 1 N–H and O–H groups in total. The Balaban J connectivity index is 1.81. The molecule has 3 rings (SSSR count). The van der Waals surface area contributed by atoms with Gasteiger partial charge >= 0.3 is 0 Å². The lowest BCUT2D eigenvalue weighted by Crippen LogP contribution is -2.39. The number of nitrogens with one attached hydrogen (secondary N) is 1. The monoisotopic (exact) mass is 476 g/mol. The van der Waals surface area contributed by atoms with E-state index < -0.39 is 46.4 Å². The van der Waals surface area contributed by atoms with Crippen LogP contribution < -0.4 is 5.32 Å². The smallest absolute Gasteiger partial charge is 0.276 e. The fraction of sp³-hybridized carbons (Fsp3) is 0.238. The van der Waals surface area contributed by atoms with Crippen LogP contribution in [0.5, 0.6) is 0 Å². The van der Waals surface area contributed by atoms with Gasteiger partial charge < -0.3 is 10.2 Å². The number of hydrogen-bond acceptors (Lipinski definition) is 6. The van der Waals surface area contributed by atoms with Crippen molar-refractivity contribution in [3.63, 3.8) is 0 Å². The van der Waals surface area contributed by atoms with Crippen LogP contribution in [-0.4, -0.2) is 49.7 Å². The lowest BCUT2D eigenvalue weighted by atomic mass is 10.2. The van der Waals surface area contributed by atoms with Crippen LogP contribution in [0.2, 0.25) is 0 Å². The summed E-state index contributed by atoms with van der Waals surface area (Å²) in [5, 5.41) is 20.9. The van der Waals surface area contributed by atoms with Crippen molar-refractivity contribution >= 4 is 23.2 Å². The molecule has 0 spiro atoms. The van der Waals surface area contributed by atoms with Crippen LogP contribution in [-0.2, 0) is 4.79 Å². The third-order valence-corrected chi connectivity index (χ3v) is 4.81. The lowest BCUT2D eigenvalue weighted by Gasteiger charge is -2.21. The number of rotatable bonds is 8. The number of hydrogen-bond donors (Lipinski definition) is 1. The summed E-state index contributed by atoms with van der Waals surface area (Å²) in [6.45, 7) is 2.91. The molecule has 0 aliphatic heterocycles. The molecule has 178 valence electrons. The molecule has 13 heteroatoms. The van der Waals surface area contributed by atoms with Gasteiger partial charge in [0, 0.05) is 18.7 Å². The molecule has 0 fully saturated rings. The van der Waals surface area contributed by atoms with Crippen LogP contribution in [0.3, 0.4) is 0 Å². The molecule has 0 unspecified atom stereocenters. The SMILES string of the molecule is CCCN(CC(=O)Nc1ccc(F)c(F)c1F)C(=O)c1nnn(-c2cccc([N+](=O)[O-])c2)c1C.